The third kappa shape index (κ3) is 4.24. The lowest BCUT2D eigenvalue weighted by Crippen LogP contribution is -2.53. The zero-order valence-electron chi connectivity index (χ0n) is 15.7. The van der Waals surface area contributed by atoms with Gasteiger partial charge in [-0.25, -0.2) is 17.7 Å². The van der Waals surface area contributed by atoms with E-state index in [-0.39, 0.29) is 12.1 Å². The van der Waals surface area contributed by atoms with Crippen LogP contribution in [0, 0.1) is 6.92 Å². The van der Waals surface area contributed by atoms with E-state index in [0.717, 1.165) is 36.9 Å². The normalized spacial score (nSPS) is 20.7. The maximum absolute atomic E-state index is 12.8. The average molecular weight is 375 g/mol. The van der Waals surface area contributed by atoms with E-state index in [1.165, 1.54) is 0 Å². The number of nitrogens with one attached hydrogen (secondary N) is 1. The summed E-state index contributed by atoms with van der Waals surface area (Å²) in [6, 6.07) is 11.2. The molecule has 0 aliphatic heterocycles. The van der Waals surface area contributed by atoms with E-state index >= 15 is 0 Å². The Bertz CT molecular complexity index is 830. The first-order chi connectivity index (χ1) is 12.4. The average Bonchev–Trinajstić information content (AvgIpc) is 2.62. The van der Waals surface area contributed by atoms with Crippen molar-refractivity contribution in [2.24, 2.45) is 0 Å². The second-order valence-electron chi connectivity index (χ2n) is 7.29. The summed E-state index contributed by atoms with van der Waals surface area (Å²) in [7, 11) is 0.515. The molecule has 0 saturated heterocycles. The second kappa shape index (κ2) is 7.76. The van der Waals surface area contributed by atoms with Crippen LogP contribution in [-0.4, -0.2) is 28.6 Å². The third-order valence-corrected chi connectivity index (χ3v) is 6.61. The molecular formula is C20H28N3O2S+. The van der Waals surface area contributed by atoms with Crippen LogP contribution in [0.15, 0.2) is 53.7 Å². The summed E-state index contributed by atoms with van der Waals surface area (Å²) in [5.74, 6) is 0. The maximum Gasteiger partial charge on any atom is 0.241 e. The second-order valence-corrected chi connectivity index (χ2v) is 9.00. The first-order valence-electron chi connectivity index (χ1n) is 9.14. The summed E-state index contributed by atoms with van der Waals surface area (Å²) in [6.45, 7) is 1.95. The molecule has 140 valence electrons. The number of hydrogen-bond donors (Lipinski definition) is 1. The van der Waals surface area contributed by atoms with Gasteiger partial charge in [-0.15, -0.1) is 0 Å². The molecule has 1 fully saturated rings. The number of anilines is 1. The van der Waals surface area contributed by atoms with Gasteiger partial charge in [0.25, 0.3) is 0 Å². The van der Waals surface area contributed by atoms with E-state index < -0.39 is 10.0 Å². The van der Waals surface area contributed by atoms with Crippen molar-refractivity contribution in [2.75, 3.05) is 19.0 Å². The largest absolute Gasteiger partial charge is 0.377 e. The number of sulfonamides is 1. The highest BCUT2D eigenvalue weighted by Crippen LogP contribution is 2.26. The number of pyridine rings is 1. The van der Waals surface area contributed by atoms with E-state index in [0.29, 0.717) is 4.90 Å². The Labute approximate surface area is 156 Å². The van der Waals surface area contributed by atoms with Gasteiger partial charge in [-0.2, -0.15) is 0 Å². The molecule has 0 radical (unpaired) electrons. The highest BCUT2D eigenvalue weighted by Gasteiger charge is 2.35. The minimum Gasteiger partial charge on any atom is -0.377 e. The lowest BCUT2D eigenvalue weighted by atomic mass is 9.91. The van der Waals surface area contributed by atoms with E-state index in [1.54, 1.807) is 12.1 Å². The van der Waals surface area contributed by atoms with Crippen LogP contribution in [0.4, 0.5) is 5.69 Å². The molecule has 1 aliphatic rings. The molecule has 1 heterocycles. The van der Waals surface area contributed by atoms with Gasteiger partial charge in [0.1, 0.15) is 0 Å². The number of hydrogen-bond acceptors (Lipinski definition) is 3. The van der Waals surface area contributed by atoms with Crippen LogP contribution in [0.1, 0.15) is 37.3 Å². The SMILES string of the molecule is Cc1ccc(S(=O)(=O)N[C@@H]2CCCC[C@H]2[n+]2ccc(N(C)C)cc2)cc1. The molecule has 0 amide bonds. The summed E-state index contributed by atoms with van der Waals surface area (Å²) in [6.07, 6.45) is 8.12. The van der Waals surface area contributed by atoms with Crippen molar-refractivity contribution in [1.29, 1.82) is 0 Å². The summed E-state index contributed by atoms with van der Waals surface area (Å²) in [5.41, 5.74) is 2.19. The fraction of sp³-hybridized carbons (Fsp3) is 0.450. The molecule has 26 heavy (non-hydrogen) atoms. The number of nitrogens with zero attached hydrogens (tertiary/aromatic N) is 2. The highest BCUT2D eigenvalue weighted by atomic mass is 32.2. The number of aryl methyl sites for hydroxylation is 1. The van der Waals surface area contributed by atoms with Crippen molar-refractivity contribution in [1.82, 2.24) is 4.72 Å². The van der Waals surface area contributed by atoms with Gasteiger partial charge in [0.2, 0.25) is 10.0 Å². The van der Waals surface area contributed by atoms with Gasteiger partial charge in [-0.1, -0.05) is 24.1 Å². The Balaban J connectivity index is 1.81. The van der Waals surface area contributed by atoms with Crippen molar-refractivity contribution in [3.63, 3.8) is 0 Å². The predicted molar refractivity (Wildman–Crippen MR) is 104 cm³/mol. The summed E-state index contributed by atoms with van der Waals surface area (Å²) < 4.78 is 30.7. The molecular weight excluding hydrogens is 346 g/mol. The van der Waals surface area contributed by atoms with Gasteiger partial charge in [0.05, 0.1) is 10.9 Å². The number of benzene rings is 1. The Kier molecular flexibility index (Phi) is 5.63. The van der Waals surface area contributed by atoms with Crippen molar-refractivity contribution in [3.8, 4) is 0 Å². The molecule has 0 bridgehead atoms. The van der Waals surface area contributed by atoms with Gasteiger partial charge in [0, 0.05) is 38.3 Å². The lowest BCUT2D eigenvalue weighted by Gasteiger charge is -2.28. The van der Waals surface area contributed by atoms with Crippen molar-refractivity contribution in [2.45, 2.75) is 49.6 Å². The Morgan fingerprint density at radius 1 is 1.00 bits per heavy atom. The van der Waals surface area contributed by atoms with Crippen LogP contribution < -0.4 is 14.2 Å². The van der Waals surface area contributed by atoms with Crippen LogP contribution in [0.25, 0.3) is 0 Å². The first kappa shape index (κ1) is 18.9. The first-order valence-corrected chi connectivity index (χ1v) is 10.6. The molecule has 1 saturated carbocycles. The molecule has 1 N–H and O–H groups in total. The summed E-state index contributed by atoms with van der Waals surface area (Å²) in [4.78, 5) is 2.39. The third-order valence-electron chi connectivity index (χ3n) is 5.10. The molecule has 6 heteroatoms. The monoisotopic (exact) mass is 374 g/mol. The molecule has 2 atom stereocenters. The minimum atomic E-state index is -3.51. The van der Waals surface area contributed by atoms with Crippen molar-refractivity contribution in [3.05, 3.63) is 54.4 Å². The quantitative estimate of drug-likeness (QED) is 0.819. The van der Waals surface area contributed by atoms with Crippen molar-refractivity contribution < 1.29 is 13.0 Å². The molecule has 1 aromatic heterocycles. The maximum atomic E-state index is 12.8. The van der Waals surface area contributed by atoms with Gasteiger partial charge in [0.15, 0.2) is 18.4 Å². The Hall–Kier alpha value is -1.92. The molecule has 5 nitrogen and oxygen atoms in total. The molecule has 1 aliphatic carbocycles. The van der Waals surface area contributed by atoms with E-state index in [4.69, 9.17) is 0 Å². The highest BCUT2D eigenvalue weighted by molar-refractivity contribution is 7.89. The molecule has 3 rings (SSSR count). The predicted octanol–water partition coefficient (Wildman–Crippen LogP) is 2.81. The zero-order chi connectivity index (χ0) is 18.7. The van der Waals surface area contributed by atoms with Gasteiger partial charge in [-0.3, -0.25) is 0 Å². The lowest BCUT2D eigenvalue weighted by molar-refractivity contribution is -0.727. The molecule has 2 aromatic rings. The Morgan fingerprint density at radius 3 is 2.23 bits per heavy atom. The van der Waals surface area contributed by atoms with Crippen LogP contribution in [0.2, 0.25) is 0 Å². The topological polar surface area (TPSA) is 53.3 Å². The van der Waals surface area contributed by atoms with Crippen LogP contribution in [-0.2, 0) is 10.0 Å². The van der Waals surface area contributed by atoms with Gasteiger partial charge >= 0.3 is 0 Å². The Morgan fingerprint density at radius 2 is 1.62 bits per heavy atom. The van der Waals surface area contributed by atoms with Crippen molar-refractivity contribution >= 4 is 15.7 Å². The van der Waals surface area contributed by atoms with Crippen LogP contribution in [0.5, 0.6) is 0 Å². The fourth-order valence-corrected chi connectivity index (χ4v) is 4.84. The molecule has 1 aromatic carbocycles. The smallest absolute Gasteiger partial charge is 0.241 e. The van der Waals surface area contributed by atoms with Gasteiger partial charge in [-0.05, 0) is 31.9 Å². The number of aromatic nitrogens is 1. The standard InChI is InChI=1S/C20H28N3O2S/c1-16-8-10-18(11-9-16)26(24,25)21-19-6-4-5-7-20(19)23-14-12-17(13-15-23)22(2)3/h8-15,19-21H,4-7H2,1-3H3/q+1/t19-,20-/m1/s1. The van der Waals surface area contributed by atoms with E-state index in [1.807, 2.05) is 33.2 Å². The summed E-state index contributed by atoms with van der Waals surface area (Å²) >= 11 is 0. The van der Waals surface area contributed by atoms with Crippen LogP contribution in [0.3, 0.4) is 0 Å². The fourth-order valence-electron chi connectivity index (χ4n) is 3.54. The minimum absolute atomic E-state index is 0.0924. The van der Waals surface area contributed by atoms with Gasteiger partial charge < -0.3 is 4.90 Å². The van der Waals surface area contributed by atoms with E-state index in [2.05, 4.69) is 38.7 Å². The molecule has 0 spiro atoms. The summed E-state index contributed by atoms with van der Waals surface area (Å²) in [5, 5.41) is 0. The molecule has 0 unspecified atom stereocenters. The van der Waals surface area contributed by atoms with E-state index in [9.17, 15) is 8.42 Å². The zero-order valence-corrected chi connectivity index (χ0v) is 16.5. The van der Waals surface area contributed by atoms with Crippen LogP contribution >= 0.6 is 0 Å². The number of rotatable bonds is 5.